The molecule has 0 heterocycles. The molecule has 5 rings (SSSR count). The molecule has 4 fully saturated rings. The normalized spacial score (nSPS) is 57.8. The molecule has 33 heavy (non-hydrogen) atoms. The number of aliphatic hydroxyl groups is 3. The minimum absolute atomic E-state index is 0.0296. The fourth-order valence-corrected chi connectivity index (χ4v) is 11.0. The Morgan fingerprint density at radius 2 is 1.58 bits per heavy atom. The van der Waals surface area contributed by atoms with Crippen LogP contribution in [0.25, 0.3) is 0 Å². The summed E-state index contributed by atoms with van der Waals surface area (Å²) in [5.41, 5.74) is 1.52. The molecule has 0 bridgehead atoms. The van der Waals surface area contributed by atoms with E-state index in [4.69, 9.17) is 0 Å². The summed E-state index contributed by atoms with van der Waals surface area (Å²) in [6.07, 6.45) is 10.3. The van der Waals surface area contributed by atoms with Crippen LogP contribution < -0.4 is 0 Å². The molecule has 11 atom stereocenters. The predicted molar refractivity (Wildman–Crippen MR) is 133 cm³/mol. The highest BCUT2D eigenvalue weighted by Gasteiger charge is 2.70. The van der Waals surface area contributed by atoms with Crippen LogP contribution in [0, 0.1) is 56.7 Å². The van der Waals surface area contributed by atoms with Gasteiger partial charge in [-0.15, -0.1) is 0 Å². The quantitative estimate of drug-likeness (QED) is 0.424. The lowest BCUT2D eigenvalue weighted by Crippen LogP contribution is -2.67. The van der Waals surface area contributed by atoms with Crippen molar-refractivity contribution in [3.05, 3.63) is 11.6 Å². The van der Waals surface area contributed by atoms with Crippen molar-refractivity contribution in [2.75, 3.05) is 6.61 Å². The Labute approximate surface area is 202 Å². The zero-order valence-corrected chi connectivity index (χ0v) is 22.3. The van der Waals surface area contributed by atoms with Crippen LogP contribution in [0.2, 0.25) is 0 Å². The summed E-state index contributed by atoms with van der Waals surface area (Å²) in [6.45, 7) is 17.1. The predicted octanol–water partition coefficient (Wildman–Crippen LogP) is 5.97. The summed E-state index contributed by atoms with van der Waals surface area (Å²) in [7, 11) is 0. The molecule has 0 radical (unpaired) electrons. The van der Waals surface area contributed by atoms with Crippen molar-refractivity contribution in [2.24, 2.45) is 56.7 Å². The minimum atomic E-state index is -0.435. The van der Waals surface area contributed by atoms with Gasteiger partial charge in [0.15, 0.2) is 0 Å². The van der Waals surface area contributed by atoms with E-state index in [1.54, 1.807) is 5.57 Å². The first-order valence-electron chi connectivity index (χ1n) is 14.0. The number of hydrogen-bond acceptors (Lipinski definition) is 3. The van der Waals surface area contributed by atoms with Gasteiger partial charge in [-0.25, -0.2) is 0 Å². The molecule has 4 saturated carbocycles. The van der Waals surface area contributed by atoms with Crippen LogP contribution in [0.5, 0.6) is 0 Å². The van der Waals surface area contributed by atoms with E-state index in [1.807, 2.05) is 0 Å². The molecule has 3 heteroatoms. The van der Waals surface area contributed by atoms with E-state index in [-0.39, 0.29) is 45.7 Å². The summed E-state index contributed by atoms with van der Waals surface area (Å²) >= 11 is 0. The van der Waals surface area contributed by atoms with E-state index in [0.29, 0.717) is 23.7 Å². The van der Waals surface area contributed by atoms with Gasteiger partial charge >= 0.3 is 0 Å². The van der Waals surface area contributed by atoms with Gasteiger partial charge in [0.1, 0.15) is 0 Å². The van der Waals surface area contributed by atoms with E-state index >= 15 is 0 Å². The second-order valence-corrected chi connectivity index (χ2v) is 14.6. The maximum atomic E-state index is 11.8. The number of fused-ring (bicyclic) bond motifs is 7. The van der Waals surface area contributed by atoms with E-state index in [1.165, 1.54) is 12.8 Å². The summed E-state index contributed by atoms with van der Waals surface area (Å²) in [6, 6.07) is 0. The molecule has 0 aromatic carbocycles. The third kappa shape index (κ3) is 2.80. The Morgan fingerprint density at radius 3 is 2.24 bits per heavy atom. The van der Waals surface area contributed by atoms with Crippen molar-refractivity contribution in [3.8, 4) is 0 Å². The summed E-state index contributed by atoms with van der Waals surface area (Å²) in [5.74, 6) is 2.53. The van der Waals surface area contributed by atoms with E-state index in [2.05, 4.69) is 54.5 Å². The van der Waals surface area contributed by atoms with Crippen LogP contribution in [0.3, 0.4) is 0 Å². The highest BCUT2D eigenvalue weighted by atomic mass is 16.3. The zero-order chi connectivity index (χ0) is 24.2. The number of allylic oxidation sites excluding steroid dienone is 2. The second kappa shape index (κ2) is 7.32. The third-order valence-corrected chi connectivity index (χ3v) is 13.5. The van der Waals surface area contributed by atoms with Gasteiger partial charge < -0.3 is 15.3 Å². The molecule has 0 spiro atoms. The van der Waals surface area contributed by atoms with Gasteiger partial charge in [0.25, 0.3) is 0 Å². The van der Waals surface area contributed by atoms with Gasteiger partial charge in [-0.3, -0.25) is 0 Å². The summed E-state index contributed by atoms with van der Waals surface area (Å²) < 4.78 is 0. The first-order chi connectivity index (χ1) is 15.3. The lowest BCUT2D eigenvalue weighted by molar-refractivity contribution is -0.220. The standard InChI is InChI=1S/C30H50O3/c1-18-10-15-30(17-31)24(33)16-29(7)20(25(30)19(18)2)8-9-22-27(5)13-12-23(32)26(3,4)21(27)11-14-28(22,29)6/h8,18-19,21-25,31-33H,9-17H2,1-7H3. The van der Waals surface area contributed by atoms with Crippen molar-refractivity contribution in [3.63, 3.8) is 0 Å². The first-order valence-corrected chi connectivity index (χ1v) is 14.0. The average molecular weight is 459 g/mol. The van der Waals surface area contributed by atoms with Gasteiger partial charge in [0.05, 0.1) is 18.8 Å². The van der Waals surface area contributed by atoms with Gasteiger partial charge in [-0.1, -0.05) is 60.1 Å². The first kappa shape index (κ1) is 24.3. The number of rotatable bonds is 1. The SMILES string of the molecule is CC1CCC2(CO)C(O)CC3(C)C(=CCC4C5(C)CCC(O)C(C)(C)C5CCC43C)C2C1C. The van der Waals surface area contributed by atoms with Gasteiger partial charge in [0, 0.05) is 5.41 Å². The molecule has 188 valence electrons. The van der Waals surface area contributed by atoms with Crippen molar-refractivity contribution in [1.29, 1.82) is 0 Å². The Kier molecular flexibility index (Phi) is 5.40. The lowest BCUT2D eigenvalue weighted by atomic mass is 9.33. The Hall–Kier alpha value is -0.380. The highest BCUT2D eigenvalue weighted by Crippen LogP contribution is 2.75. The highest BCUT2D eigenvalue weighted by molar-refractivity contribution is 5.35. The van der Waals surface area contributed by atoms with Crippen LogP contribution in [0.4, 0.5) is 0 Å². The second-order valence-electron chi connectivity index (χ2n) is 14.6. The van der Waals surface area contributed by atoms with Crippen molar-refractivity contribution in [2.45, 2.75) is 112 Å². The fourth-order valence-electron chi connectivity index (χ4n) is 11.0. The molecule has 3 N–H and O–H groups in total. The summed E-state index contributed by atoms with van der Waals surface area (Å²) in [5, 5.41) is 33.3. The Bertz CT molecular complexity index is 832. The van der Waals surface area contributed by atoms with Crippen molar-refractivity contribution in [1.82, 2.24) is 0 Å². The van der Waals surface area contributed by atoms with E-state index < -0.39 is 6.10 Å². The molecular formula is C30H50O3. The van der Waals surface area contributed by atoms with Crippen LogP contribution in [-0.4, -0.2) is 34.1 Å². The van der Waals surface area contributed by atoms with Crippen LogP contribution >= 0.6 is 0 Å². The lowest BCUT2D eigenvalue weighted by Gasteiger charge is -2.72. The van der Waals surface area contributed by atoms with Gasteiger partial charge in [-0.2, -0.15) is 0 Å². The molecule has 0 amide bonds. The van der Waals surface area contributed by atoms with Crippen molar-refractivity contribution < 1.29 is 15.3 Å². The fraction of sp³-hybridized carbons (Fsp3) is 0.933. The molecule has 0 aliphatic heterocycles. The molecule has 0 saturated heterocycles. The Morgan fingerprint density at radius 1 is 0.879 bits per heavy atom. The van der Waals surface area contributed by atoms with Gasteiger partial charge in [-0.05, 0) is 103 Å². The van der Waals surface area contributed by atoms with Gasteiger partial charge in [0.2, 0.25) is 0 Å². The number of hydrogen-bond donors (Lipinski definition) is 3. The molecule has 0 aromatic rings. The molecule has 5 aliphatic rings. The minimum Gasteiger partial charge on any atom is -0.396 e. The zero-order valence-electron chi connectivity index (χ0n) is 22.3. The molecule has 5 aliphatic carbocycles. The monoisotopic (exact) mass is 458 g/mol. The molecule has 11 unspecified atom stereocenters. The van der Waals surface area contributed by atoms with Crippen LogP contribution in [0.15, 0.2) is 11.6 Å². The number of aliphatic hydroxyl groups excluding tert-OH is 3. The van der Waals surface area contributed by atoms with Crippen molar-refractivity contribution >= 4 is 0 Å². The van der Waals surface area contributed by atoms with Crippen LogP contribution in [0.1, 0.15) is 99.8 Å². The topological polar surface area (TPSA) is 60.7 Å². The maximum absolute atomic E-state index is 11.8. The summed E-state index contributed by atoms with van der Waals surface area (Å²) in [4.78, 5) is 0. The van der Waals surface area contributed by atoms with Crippen LogP contribution in [-0.2, 0) is 0 Å². The smallest absolute Gasteiger partial charge is 0.0632 e. The van der Waals surface area contributed by atoms with E-state index in [9.17, 15) is 15.3 Å². The largest absolute Gasteiger partial charge is 0.396 e. The third-order valence-electron chi connectivity index (χ3n) is 13.5. The molecule has 3 nitrogen and oxygen atoms in total. The molecule has 0 aromatic heterocycles. The molecular weight excluding hydrogens is 408 g/mol. The maximum Gasteiger partial charge on any atom is 0.0632 e. The van der Waals surface area contributed by atoms with E-state index in [0.717, 1.165) is 38.5 Å². The Balaban J connectivity index is 1.62. The average Bonchev–Trinajstić information content (AvgIpc) is 2.74.